The molecule has 1 aromatic heterocycles. The fourth-order valence-electron chi connectivity index (χ4n) is 1.24. The fourth-order valence-corrected chi connectivity index (χ4v) is 1.24. The normalized spacial score (nSPS) is 11.8. The zero-order valence-electron chi connectivity index (χ0n) is 7.38. The third-order valence-corrected chi connectivity index (χ3v) is 1.71. The van der Waals surface area contributed by atoms with E-state index >= 15 is 0 Å². The van der Waals surface area contributed by atoms with Crippen LogP contribution in [-0.2, 0) is 13.2 Å². The van der Waals surface area contributed by atoms with E-state index in [1.165, 1.54) is 0 Å². The molecule has 0 aromatic carbocycles. The summed E-state index contributed by atoms with van der Waals surface area (Å²) < 4.78 is 37.8. The molecule has 78 valence electrons. The highest BCUT2D eigenvalue weighted by molar-refractivity contribution is 5.88. The van der Waals surface area contributed by atoms with E-state index in [1.54, 1.807) is 0 Å². The molecule has 0 saturated heterocycles. The van der Waals surface area contributed by atoms with Crippen molar-refractivity contribution in [3.63, 3.8) is 0 Å². The number of carboxylic acids is 1. The number of carboxylic acid groups (broad SMARTS) is 1. The summed E-state index contributed by atoms with van der Waals surface area (Å²) in [5.74, 6) is -1.64. The molecule has 4 nitrogen and oxygen atoms in total. The summed E-state index contributed by atoms with van der Waals surface area (Å²) in [6.07, 6.45) is -4.69. The van der Waals surface area contributed by atoms with Crippen molar-refractivity contribution in [3.8, 4) is 0 Å². The summed E-state index contributed by atoms with van der Waals surface area (Å²) in [5, 5.41) is 12.0. The third-order valence-electron chi connectivity index (χ3n) is 1.71. The maximum Gasteiger partial charge on any atom is 0.420 e. The molecule has 0 aliphatic heterocycles. The first-order chi connectivity index (χ1) is 6.25. The van der Waals surface area contributed by atoms with Gasteiger partial charge in [-0.25, -0.2) is 4.79 Å². The van der Waals surface area contributed by atoms with Gasteiger partial charge in [-0.1, -0.05) is 0 Å². The van der Waals surface area contributed by atoms with E-state index in [-0.39, 0.29) is 5.69 Å². The number of alkyl halides is 3. The quantitative estimate of drug-likeness (QED) is 0.759. The molecule has 0 atom stereocenters. The van der Waals surface area contributed by atoms with Gasteiger partial charge < -0.3 is 5.11 Å². The smallest absolute Gasteiger partial charge is 0.420 e. The molecule has 1 rings (SSSR count). The second kappa shape index (κ2) is 3.00. The summed E-state index contributed by atoms with van der Waals surface area (Å²) in [6, 6.07) is 0. The Balaban J connectivity index is 3.48. The summed E-state index contributed by atoms with van der Waals surface area (Å²) in [7, 11) is 1.16. The fraction of sp³-hybridized carbons (Fsp3) is 0.429. The highest BCUT2D eigenvalue weighted by atomic mass is 19.4. The van der Waals surface area contributed by atoms with Crippen LogP contribution >= 0.6 is 0 Å². The second-order valence-corrected chi connectivity index (χ2v) is 2.74. The third kappa shape index (κ3) is 1.57. The maximum atomic E-state index is 12.4. The molecule has 14 heavy (non-hydrogen) atoms. The Morgan fingerprint density at radius 2 is 2.00 bits per heavy atom. The van der Waals surface area contributed by atoms with Crippen molar-refractivity contribution in [1.29, 1.82) is 0 Å². The van der Waals surface area contributed by atoms with E-state index in [2.05, 4.69) is 5.10 Å². The first-order valence-corrected chi connectivity index (χ1v) is 3.59. The number of aromatic nitrogens is 2. The van der Waals surface area contributed by atoms with Gasteiger partial charge in [-0.3, -0.25) is 4.68 Å². The molecule has 1 N–H and O–H groups in total. The number of aromatic carboxylic acids is 1. The van der Waals surface area contributed by atoms with Crippen LogP contribution in [0.15, 0.2) is 0 Å². The Morgan fingerprint density at radius 3 is 2.29 bits per heavy atom. The Bertz CT molecular complexity index is 381. The van der Waals surface area contributed by atoms with Crippen molar-refractivity contribution in [2.75, 3.05) is 0 Å². The molecule has 0 aliphatic rings. The van der Waals surface area contributed by atoms with Gasteiger partial charge in [0.25, 0.3) is 0 Å². The lowest BCUT2D eigenvalue weighted by molar-refractivity contribution is -0.138. The maximum absolute atomic E-state index is 12.4. The van der Waals surface area contributed by atoms with Crippen molar-refractivity contribution < 1.29 is 23.1 Å². The van der Waals surface area contributed by atoms with E-state index in [9.17, 15) is 18.0 Å². The van der Waals surface area contributed by atoms with Gasteiger partial charge in [0.1, 0.15) is 5.56 Å². The summed E-state index contributed by atoms with van der Waals surface area (Å²) in [6.45, 7) is 1.12. The highest BCUT2D eigenvalue weighted by Crippen LogP contribution is 2.34. The number of hydrogen-bond donors (Lipinski definition) is 1. The topological polar surface area (TPSA) is 55.1 Å². The Hall–Kier alpha value is -1.53. The van der Waals surface area contributed by atoms with Crippen molar-refractivity contribution in [1.82, 2.24) is 9.78 Å². The molecule has 0 amide bonds. The number of rotatable bonds is 1. The van der Waals surface area contributed by atoms with Gasteiger partial charge in [-0.2, -0.15) is 18.3 Å². The predicted molar refractivity (Wildman–Crippen MR) is 39.9 cm³/mol. The van der Waals surface area contributed by atoms with Gasteiger partial charge in [0.2, 0.25) is 0 Å². The molecular formula is C7H7F3N2O2. The largest absolute Gasteiger partial charge is 0.477 e. The highest BCUT2D eigenvalue weighted by Gasteiger charge is 2.40. The van der Waals surface area contributed by atoms with E-state index in [4.69, 9.17) is 5.11 Å². The van der Waals surface area contributed by atoms with Crippen LogP contribution in [0.2, 0.25) is 0 Å². The number of nitrogens with zero attached hydrogens (tertiary/aromatic N) is 2. The van der Waals surface area contributed by atoms with Crippen LogP contribution in [0.4, 0.5) is 13.2 Å². The molecule has 0 saturated carbocycles. The molecule has 0 unspecified atom stereocenters. The van der Waals surface area contributed by atoms with Gasteiger partial charge in [-0.15, -0.1) is 0 Å². The van der Waals surface area contributed by atoms with Gasteiger partial charge in [-0.05, 0) is 6.92 Å². The Labute approximate surface area is 77.0 Å². The first-order valence-electron chi connectivity index (χ1n) is 3.59. The van der Waals surface area contributed by atoms with Gasteiger partial charge >= 0.3 is 12.1 Å². The molecule has 0 bridgehead atoms. The Morgan fingerprint density at radius 1 is 1.50 bits per heavy atom. The lowest BCUT2D eigenvalue weighted by Gasteiger charge is -2.06. The number of carbonyl (C=O) groups is 1. The molecule has 0 radical (unpaired) electrons. The molecule has 7 heteroatoms. The standard InChI is InChI=1S/C7H7F3N2O2/c1-3-4(7(8,9)10)5(6(13)14)12(2)11-3/h1-2H3,(H,13,14). The van der Waals surface area contributed by atoms with E-state index < -0.39 is 23.4 Å². The first kappa shape index (κ1) is 10.6. The van der Waals surface area contributed by atoms with Crippen molar-refractivity contribution >= 4 is 5.97 Å². The Kier molecular flexibility index (Phi) is 2.26. The van der Waals surface area contributed by atoms with Crippen LogP contribution in [0, 0.1) is 6.92 Å². The summed E-state index contributed by atoms with van der Waals surface area (Å²) in [4.78, 5) is 10.5. The average Bonchev–Trinajstić information content (AvgIpc) is 2.23. The lowest BCUT2D eigenvalue weighted by Crippen LogP contribution is -2.14. The molecule has 0 fully saturated rings. The average molecular weight is 208 g/mol. The number of aryl methyl sites for hydroxylation is 2. The van der Waals surface area contributed by atoms with Crippen LogP contribution in [0.3, 0.4) is 0 Å². The number of hydrogen-bond acceptors (Lipinski definition) is 2. The molecule has 0 aliphatic carbocycles. The SMILES string of the molecule is Cc1nn(C)c(C(=O)O)c1C(F)(F)F. The summed E-state index contributed by atoms with van der Waals surface area (Å²) >= 11 is 0. The zero-order chi connectivity index (χ0) is 11.1. The van der Waals surface area contributed by atoms with Gasteiger partial charge in [0.15, 0.2) is 5.69 Å². The zero-order valence-corrected chi connectivity index (χ0v) is 7.38. The van der Waals surface area contributed by atoms with Crippen LogP contribution in [0.25, 0.3) is 0 Å². The van der Waals surface area contributed by atoms with Crippen molar-refractivity contribution in [3.05, 3.63) is 17.0 Å². The molecule has 1 aromatic rings. The molecule has 1 heterocycles. The van der Waals surface area contributed by atoms with Crippen LogP contribution in [0.1, 0.15) is 21.7 Å². The van der Waals surface area contributed by atoms with Gasteiger partial charge in [0, 0.05) is 7.05 Å². The lowest BCUT2D eigenvalue weighted by atomic mass is 10.2. The van der Waals surface area contributed by atoms with Crippen LogP contribution < -0.4 is 0 Å². The van der Waals surface area contributed by atoms with Crippen molar-refractivity contribution in [2.45, 2.75) is 13.1 Å². The van der Waals surface area contributed by atoms with Crippen LogP contribution in [0.5, 0.6) is 0 Å². The minimum atomic E-state index is -4.69. The monoisotopic (exact) mass is 208 g/mol. The minimum Gasteiger partial charge on any atom is -0.477 e. The van der Waals surface area contributed by atoms with Crippen LogP contribution in [-0.4, -0.2) is 20.9 Å². The molecule has 0 spiro atoms. The number of halogens is 3. The van der Waals surface area contributed by atoms with Crippen molar-refractivity contribution in [2.24, 2.45) is 7.05 Å². The second-order valence-electron chi connectivity index (χ2n) is 2.74. The predicted octanol–water partition coefficient (Wildman–Crippen LogP) is 1.45. The van der Waals surface area contributed by atoms with Gasteiger partial charge in [0.05, 0.1) is 5.69 Å². The summed E-state index contributed by atoms with van der Waals surface area (Å²) in [5.41, 5.74) is -2.36. The van der Waals surface area contributed by atoms with E-state index in [0.29, 0.717) is 4.68 Å². The van der Waals surface area contributed by atoms with E-state index in [1.807, 2.05) is 0 Å². The minimum absolute atomic E-state index is 0.336. The van der Waals surface area contributed by atoms with E-state index in [0.717, 1.165) is 14.0 Å². The molecular weight excluding hydrogens is 201 g/mol.